The fourth-order valence-electron chi connectivity index (χ4n) is 3.90. The average Bonchev–Trinajstić information content (AvgIpc) is 2.89. The number of nitrogens with zero attached hydrogens (tertiary/aromatic N) is 1. The number of carbonyl (C=O) groups is 1. The van der Waals surface area contributed by atoms with Gasteiger partial charge in [-0.25, -0.2) is 8.42 Å². The third-order valence-corrected chi connectivity index (χ3v) is 7.67. The summed E-state index contributed by atoms with van der Waals surface area (Å²) >= 11 is 1.62. The minimum atomic E-state index is -3.22. The summed E-state index contributed by atoms with van der Waals surface area (Å²) < 4.78 is 23.9. The lowest BCUT2D eigenvalue weighted by molar-refractivity contribution is -0.133. The third-order valence-electron chi connectivity index (χ3n) is 5.02. The van der Waals surface area contributed by atoms with Gasteiger partial charge in [0.15, 0.2) is 9.84 Å². The van der Waals surface area contributed by atoms with E-state index in [1.807, 2.05) is 0 Å². The lowest BCUT2D eigenvalue weighted by Crippen LogP contribution is -2.55. The molecule has 0 aromatic heterocycles. The van der Waals surface area contributed by atoms with E-state index in [0.29, 0.717) is 24.3 Å². The first-order valence-corrected chi connectivity index (χ1v) is 10.9. The lowest BCUT2D eigenvalue weighted by Gasteiger charge is -2.35. The predicted octanol–water partition coefficient (Wildman–Crippen LogP) is 0.853. The van der Waals surface area contributed by atoms with Gasteiger partial charge < -0.3 is 10.2 Å². The molecule has 21 heavy (non-hydrogen) atoms. The standard InChI is InChI=1S/C14H24N2O3S2/c1-21(18,19)13-9-20-7-6-16(13)14(17)12-8-10-4-2-3-5-11(10)15-12/h10-13,15H,2-9H2,1H3. The van der Waals surface area contributed by atoms with Gasteiger partial charge in [-0.05, 0) is 25.2 Å². The molecule has 5 nitrogen and oxygen atoms in total. The normalized spacial score (nSPS) is 37.3. The zero-order chi connectivity index (χ0) is 15.0. The molecule has 3 rings (SSSR count). The molecule has 1 N–H and O–H groups in total. The van der Waals surface area contributed by atoms with E-state index < -0.39 is 15.2 Å². The van der Waals surface area contributed by atoms with E-state index in [2.05, 4.69) is 5.32 Å². The van der Waals surface area contributed by atoms with E-state index in [1.54, 1.807) is 16.7 Å². The maximum Gasteiger partial charge on any atom is 0.240 e. The molecule has 0 radical (unpaired) electrons. The van der Waals surface area contributed by atoms with Gasteiger partial charge in [0, 0.05) is 30.3 Å². The number of rotatable bonds is 2. The molecule has 0 aromatic carbocycles. The van der Waals surface area contributed by atoms with E-state index in [-0.39, 0.29) is 11.9 Å². The van der Waals surface area contributed by atoms with E-state index in [1.165, 1.54) is 25.5 Å². The van der Waals surface area contributed by atoms with Gasteiger partial charge in [0.25, 0.3) is 0 Å². The van der Waals surface area contributed by atoms with Gasteiger partial charge in [-0.1, -0.05) is 12.8 Å². The summed E-state index contributed by atoms with van der Waals surface area (Å²) in [5.74, 6) is 1.94. The zero-order valence-electron chi connectivity index (χ0n) is 12.5. The van der Waals surface area contributed by atoms with Crippen LogP contribution in [-0.4, -0.2) is 61.0 Å². The number of sulfone groups is 1. The summed E-state index contributed by atoms with van der Waals surface area (Å²) in [6.45, 7) is 0.550. The van der Waals surface area contributed by atoms with Crippen LogP contribution in [0.5, 0.6) is 0 Å². The summed E-state index contributed by atoms with van der Waals surface area (Å²) in [6, 6.07) is 0.286. The van der Waals surface area contributed by atoms with Crippen molar-refractivity contribution in [1.82, 2.24) is 10.2 Å². The van der Waals surface area contributed by atoms with Crippen molar-refractivity contribution in [3.63, 3.8) is 0 Å². The van der Waals surface area contributed by atoms with Crippen LogP contribution < -0.4 is 5.32 Å². The van der Waals surface area contributed by atoms with Crippen molar-refractivity contribution in [2.24, 2.45) is 5.92 Å². The highest BCUT2D eigenvalue weighted by Gasteiger charge is 2.43. The van der Waals surface area contributed by atoms with Gasteiger partial charge in [0.1, 0.15) is 5.37 Å². The molecular formula is C14H24N2O3S2. The summed E-state index contributed by atoms with van der Waals surface area (Å²) in [7, 11) is -3.22. The van der Waals surface area contributed by atoms with Crippen LogP contribution >= 0.6 is 11.8 Å². The first-order chi connectivity index (χ1) is 9.97. The quantitative estimate of drug-likeness (QED) is 0.812. The Balaban J connectivity index is 1.71. The fraction of sp³-hybridized carbons (Fsp3) is 0.929. The number of carbonyl (C=O) groups excluding carboxylic acids is 1. The molecule has 0 bridgehead atoms. The first kappa shape index (κ1) is 15.6. The van der Waals surface area contributed by atoms with Crippen LogP contribution in [0, 0.1) is 5.92 Å². The van der Waals surface area contributed by atoms with E-state index >= 15 is 0 Å². The molecule has 0 aromatic rings. The predicted molar refractivity (Wildman–Crippen MR) is 85.0 cm³/mol. The van der Waals surface area contributed by atoms with Crippen molar-refractivity contribution in [2.45, 2.75) is 49.6 Å². The van der Waals surface area contributed by atoms with Crippen molar-refractivity contribution in [3.8, 4) is 0 Å². The molecule has 1 amide bonds. The highest BCUT2D eigenvalue weighted by Crippen LogP contribution is 2.34. The molecule has 2 heterocycles. The molecule has 120 valence electrons. The second-order valence-corrected chi connectivity index (χ2v) is 9.85. The summed E-state index contributed by atoms with van der Waals surface area (Å²) in [4.78, 5) is 14.4. The first-order valence-electron chi connectivity index (χ1n) is 7.80. The van der Waals surface area contributed by atoms with Gasteiger partial charge in [0.2, 0.25) is 5.91 Å². The summed E-state index contributed by atoms with van der Waals surface area (Å²) in [5.41, 5.74) is 0. The zero-order valence-corrected chi connectivity index (χ0v) is 14.1. The molecular weight excluding hydrogens is 308 g/mol. The van der Waals surface area contributed by atoms with Crippen molar-refractivity contribution in [1.29, 1.82) is 0 Å². The van der Waals surface area contributed by atoms with Crippen molar-refractivity contribution >= 4 is 27.5 Å². The molecule has 2 saturated heterocycles. The molecule has 7 heteroatoms. The number of fused-ring (bicyclic) bond motifs is 1. The smallest absolute Gasteiger partial charge is 0.240 e. The molecule has 1 aliphatic carbocycles. The monoisotopic (exact) mass is 332 g/mol. The van der Waals surface area contributed by atoms with Crippen LogP contribution in [0.2, 0.25) is 0 Å². The Bertz CT molecular complexity index is 494. The molecule has 4 unspecified atom stereocenters. The number of hydrogen-bond donors (Lipinski definition) is 1. The number of thioether (sulfide) groups is 1. The van der Waals surface area contributed by atoms with Crippen molar-refractivity contribution in [2.75, 3.05) is 24.3 Å². The third kappa shape index (κ3) is 3.24. The van der Waals surface area contributed by atoms with Crippen LogP contribution in [0.15, 0.2) is 0 Å². The van der Waals surface area contributed by atoms with E-state index in [9.17, 15) is 13.2 Å². The van der Waals surface area contributed by atoms with Gasteiger partial charge >= 0.3 is 0 Å². The maximum absolute atomic E-state index is 12.8. The Labute approximate surface area is 131 Å². The maximum atomic E-state index is 12.8. The lowest BCUT2D eigenvalue weighted by atomic mass is 9.85. The minimum absolute atomic E-state index is 0.000116. The van der Waals surface area contributed by atoms with Gasteiger partial charge in [0.05, 0.1) is 6.04 Å². The Hall–Kier alpha value is -0.270. The van der Waals surface area contributed by atoms with E-state index in [4.69, 9.17) is 0 Å². The van der Waals surface area contributed by atoms with E-state index in [0.717, 1.165) is 18.6 Å². The number of amides is 1. The van der Waals surface area contributed by atoms with Crippen LogP contribution in [0.3, 0.4) is 0 Å². The molecule has 3 aliphatic rings. The molecule has 3 fully saturated rings. The molecule has 4 atom stereocenters. The topological polar surface area (TPSA) is 66.5 Å². The minimum Gasteiger partial charge on any atom is -0.323 e. The second kappa shape index (κ2) is 6.08. The summed E-state index contributed by atoms with van der Waals surface area (Å²) in [5, 5.41) is 2.82. The second-order valence-electron chi connectivity index (χ2n) is 6.50. The largest absolute Gasteiger partial charge is 0.323 e. The molecule has 1 saturated carbocycles. The average molecular weight is 332 g/mol. The highest BCUT2D eigenvalue weighted by molar-refractivity contribution is 8.00. The van der Waals surface area contributed by atoms with Crippen LogP contribution in [0.1, 0.15) is 32.1 Å². The molecule has 2 aliphatic heterocycles. The van der Waals surface area contributed by atoms with Crippen LogP contribution in [0.4, 0.5) is 0 Å². The van der Waals surface area contributed by atoms with Gasteiger partial charge in [-0.3, -0.25) is 4.79 Å². The number of nitrogens with one attached hydrogen (secondary N) is 1. The Morgan fingerprint density at radius 2 is 2.05 bits per heavy atom. The fourth-order valence-corrected chi connectivity index (χ4v) is 6.72. The molecule has 0 spiro atoms. The SMILES string of the molecule is CS(=O)(=O)C1CSCCN1C(=O)C1CC2CCCCC2N1. The summed E-state index contributed by atoms with van der Waals surface area (Å²) in [6.07, 6.45) is 6.97. The highest BCUT2D eigenvalue weighted by atomic mass is 32.2. The van der Waals surface area contributed by atoms with Gasteiger partial charge in [-0.15, -0.1) is 0 Å². The van der Waals surface area contributed by atoms with Gasteiger partial charge in [-0.2, -0.15) is 11.8 Å². The van der Waals surface area contributed by atoms with Crippen molar-refractivity contribution < 1.29 is 13.2 Å². The van der Waals surface area contributed by atoms with Crippen LogP contribution in [-0.2, 0) is 14.6 Å². The Kier molecular flexibility index (Phi) is 4.52. The van der Waals surface area contributed by atoms with Crippen LogP contribution in [0.25, 0.3) is 0 Å². The Morgan fingerprint density at radius 3 is 2.76 bits per heavy atom. The van der Waals surface area contributed by atoms with Crippen molar-refractivity contribution in [3.05, 3.63) is 0 Å². The number of hydrogen-bond acceptors (Lipinski definition) is 5. The Morgan fingerprint density at radius 1 is 1.29 bits per heavy atom.